The number of nitrogens with one attached hydrogen (secondary N) is 2. The van der Waals surface area contributed by atoms with Gasteiger partial charge in [-0.15, -0.1) is 0 Å². The molecule has 122 valence electrons. The van der Waals surface area contributed by atoms with E-state index in [-0.39, 0.29) is 6.03 Å². The lowest BCUT2D eigenvalue weighted by Gasteiger charge is -2.29. The summed E-state index contributed by atoms with van der Waals surface area (Å²) in [6.45, 7) is 2.67. The number of carbonyl (C=O) groups is 1. The Balaban J connectivity index is 1.85. The van der Waals surface area contributed by atoms with E-state index in [4.69, 9.17) is 9.47 Å². The van der Waals surface area contributed by atoms with E-state index in [2.05, 4.69) is 17.6 Å². The molecule has 2 rings (SSSR count). The molecule has 1 aromatic rings. The van der Waals surface area contributed by atoms with Crippen LogP contribution in [0.1, 0.15) is 38.2 Å². The molecular weight excluding hydrogens is 280 g/mol. The van der Waals surface area contributed by atoms with Gasteiger partial charge in [-0.2, -0.15) is 0 Å². The van der Waals surface area contributed by atoms with Crippen LogP contribution >= 0.6 is 0 Å². The number of ether oxygens (including phenoxy) is 2. The van der Waals surface area contributed by atoms with Crippen LogP contribution in [-0.2, 0) is 6.54 Å². The highest BCUT2D eigenvalue weighted by atomic mass is 16.5. The highest BCUT2D eigenvalue weighted by Crippen LogP contribution is 2.27. The van der Waals surface area contributed by atoms with E-state index >= 15 is 0 Å². The predicted molar refractivity (Wildman–Crippen MR) is 86.3 cm³/mol. The molecule has 2 amide bonds. The Morgan fingerprint density at radius 3 is 2.59 bits per heavy atom. The zero-order valence-electron chi connectivity index (χ0n) is 13.6. The van der Waals surface area contributed by atoms with Gasteiger partial charge >= 0.3 is 6.03 Å². The molecule has 5 nitrogen and oxygen atoms in total. The normalized spacial score (nSPS) is 21.0. The molecule has 0 aliphatic heterocycles. The first-order valence-electron chi connectivity index (χ1n) is 7.89. The van der Waals surface area contributed by atoms with E-state index in [1.165, 1.54) is 19.3 Å². The fourth-order valence-electron chi connectivity index (χ4n) is 2.92. The lowest BCUT2D eigenvalue weighted by Crippen LogP contribution is -2.45. The Labute approximate surface area is 132 Å². The topological polar surface area (TPSA) is 59.6 Å². The van der Waals surface area contributed by atoms with Crippen LogP contribution in [0.15, 0.2) is 18.2 Å². The molecule has 5 heteroatoms. The predicted octanol–water partition coefficient (Wildman–Crippen LogP) is 3.08. The second kappa shape index (κ2) is 7.92. The molecule has 0 bridgehead atoms. The van der Waals surface area contributed by atoms with Gasteiger partial charge in [-0.1, -0.05) is 25.8 Å². The summed E-state index contributed by atoms with van der Waals surface area (Å²) in [7, 11) is 3.21. The van der Waals surface area contributed by atoms with Gasteiger partial charge in [-0.25, -0.2) is 4.79 Å². The molecule has 0 heterocycles. The van der Waals surface area contributed by atoms with Crippen LogP contribution in [0.3, 0.4) is 0 Å². The second-order valence-corrected chi connectivity index (χ2v) is 5.88. The molecule has 0 saturated heterocycles. The fourth-order valence-corrected chi connectivity index (χ4v) is 2.92. The Morgan fingerprint density at radius 1 is 1.18 bits per heavy atom. The molecule has 2 unspecified atom stereocenters. The van der Waals surface area contributed by atoms with Gasteiger partial charge in [0.1, 0.15) is 0 Å². The minimum absolute atomic E-state index is 0.103. The highest BCUT2D eigenvalue weighted by Gasteiger charge is 2.22. The van der Waals surface area contributed by atoms with Crippen molar-refractivity contribution < 1.29 is 14.3 Å². The van der Waals surface area contributed by atoms with Gasteiger partial charge in [0, 0.05) is 12.6 Å². The Hall–Kier alpha value is -1.91. The van der Waals surface area contributed by atoms with Crippen molar-refractivity contribution in [1.29, 1.82) is 0 Å². The van der Waals surface area contributed by atoms with Crippen LogP contribution in [-0.4, -0.2) is 26.3 Å². The summed E-state index contributed by atoms with van der Waals surface area (Å²) >= 11 is 0. The Bertz CT molecular complexity index is 505. The van der Waals surface area contributed by atoms with Gasteiger partial charge in [0.25, 0.3) is 0 Å². The maximum atomic E-state index is 12.0. The Kier molecular flexibility index (Phi) is 5.92. The third-order valence-corrected chi connectivity index (χ3v) is 4.33. The van der Waals surface area contributed by atoms with Crippen LogP contribution in [0.2, 0.25) is 0 Å². The highest BCUT2D eigenvalue weighted by molar-refractivity contribution is 5.74. The van der Waals surface area contributed by atoms with Gasteiger partial charge in [0.2, 0.25) is 0 Å². The van der Waals surface area contributed by atoms with E-state index in [1.807, 2.05) is 18.2 Å². The van der Waals surface area contributed by atoms with Crippen molar-refractivity contribution in [2.45, 2.75) is 45.2 Å². The first-order chi connectivity index (χ1) is 10.6. The van der Waals surface area contributed by atoms with Gasteiger partial charge in [0.05, 0.1) is 14.2 Å². The molecule has 1 aliphatic carbocycles. The van der Waals surface area contributed by atoms with E-state index in [9.17, 15) is 4.79 Å². The molecule has 0 aromatic heterocycles. The van der Waals surface area contributed by atoms with Crippen molar-refractivity contribution >= 4 is 6.03 Å². The van der Waals surface area contributed by atoms with Crippen molar-refractivity contribution in [3.05, 3.63) is 23.8 Å². The SMILES string of the molecule is COc1ccc(CNC(=O)NC2CCCCC2C)cc1OC. The van der Waals surface area contributed by atoms with E-state index in [1.54, 1.807) is 14.2 Å². The molecule has 1 aliphatic rings. The van der Waals surface area contributed by atoms with Crippen LogP contribution in [0.25, 0.3) is 0 Å². The summed E-state index contributed by atoms with van der Waals surface area (Å²) in [6.07, 6.45) is 4.74. The molecule has 1 aromatic carbocycles. The average Bonchev–Trinajstić information content (AvgIpc) is 2.54. The van der Waals surface area contributed by atoms with Gasteiger partial charge in [-0.3, -0.25) is 0 Å². The van der Waals surface area contributed by atoms with Crippen LogP contribution in [0.5, 0.6) is 11.5 Å². The monoisotopic (exact) mass is 306 g/mol. The van der Waals surface area contributed by atoms with Gasteiger partial charge in [0.15, 0.2) is 11.5 Å². The van der Waals surface area contributed by atoms with Crippen molar-refractivity contribution in [2.75, 3.05) is 14.2 Å². The van der Waals surface area contributed by atoms with Gasteiger partial charge in [-0.05, 0) is 36.5 Å². The minimum Gasteiger partial charge on any atom is -0.493 e. The van der Waals surface area contributed by atoms with Gasteiger partial charge < -0.3 is 20.1 Å². The average molecular weight is 306 g/mol. The third-order valence-electron chi connectivity index (χ3n) is 4.33. The summed E-state index contributed by atoms with van der Waals surface area (Å²) in [5.41, 5.74) is 0.976. The number of rotatable bonds is 5. The number of methoxy groups -OCH3 is 2. The van der Waals surface area contributed by atoms with Crippen molar-refractivity contribution in [3.63, 3.8) is 0 Å². The van der Waals surface area contributed by atoms with Crippen LogP contribution in [0.4, 0.5) is 4.79 Å². The van der Waals surface area contributed by atoms with Crippen molar-refractivity contribution in [3.8, 4) is 11.5 Å². The maximum absolute atomic E-state index is 12.0. The smallest absolute Gasteiger partial charge is 0.315 e. The number of urea groups is 1. The van der Waals surface area contributed by atoms with Crippen molar-refractivity contribution in [2.24, 2.45) is 5.92 Å². The summed E-state index contributed by atoms with van der Waals surface area (Å²) in [5.74, 6) is 1.91. The number of benzene rings is 1. The minimum atomic E-state index is -0.103. The summed E-state index contributed by atoms with van der Waals surface area (Å²) in [6, 6.07) is 5.83. The zero-order valence-corrected chi connectivity index (χ0v) is 13.6. The molecule has 1 saturated carbocycles. The lowest BCUT2D eigenvalue weighted by molar-refractivity contribution is 0.221. The number of carbonyl (C=O) groups excluding carboxylic acids is 1. The summed E-state index contributed by atoms with van der Waals surface area (Å²) in [4.78, 5) is 12.0. The first kappa shape index (κ1) is 16.5. The van der Waals surface area contributed by atoms with E-state index in [0.29, 0.717) is 30.0 Å². The van der Waals surface area contributed by atoms with Crippen LogP contribution in [0, 0.1) is 5.92 Å². The molecule has 2 atom stereocenters. The molecule has 1 fully saturated rings. The molecule has 2 N–H and O–H groups in total. The summed E-state index contributed by atoms with van der Waals surface area (Å²) in [5, 5.41) is 5.99. The molecule has 0 radical (unpaired) electrons. The number of hydrogen-bond donors (Lipinski definition) is 2. The molecular formula is C17H26N2O3. The first-order valence-corrected chi connectivity index (χ1v) is 7.89. The lowest BCUT2D eigenvalue weighted by atomic mass is 9.86. The molecule has 22 heavy (non-hydrogen) atoms. The number of hydrogen-bond acceptors (Lipinski definition) is 3. The standard InChI is InChI=1S/C17H26N2O3/c1-12-6-4-5-7-14(12)19-17(20)18-11-13-8-9-15(21-2)16(10-13)22-3/h8-10,12,14H,4-7,11H2,1-3H3,(H2,18,19,20). The fraction of sp³-hybridized carbons (Fsp3) is 0.588. The Morgan fingerprint density at radius 2 is 1.91 bits per heavy atom. The quantitative estimate of drug-likeness (QED) is 0.879. The molecule has 0 spiro atoms. The summed E-state index contributed by atoms with van der Waals surface area (Å²) < 4.78 is 10.5. The van der Waals surface area contributed by atoms with E-state index < -0.39 is 0 Å². The second-order valence-electron chi connectivity index (χ2n) is 5.88. The van der Waals surface area contributed by atoms with Crippen molar-refractivity contribution in [1.82, 2.24) is 10.6 Å². The maximum Gasteiger partial charge on any atom is 0.315 e. The third kappa shape index (κ3) is 4.29. The number of amides is 2. The zero-order chi connectivity index (χ0) is 15.9. The largest absolute Gasteiger partial charge is 0.493 e. The van der Waals surface area contributed by atoms with E-state index in [0.717, 1.165) is 12.0 Å². The van der Waals surface area contributed by atoms with Crippen LogP contribution < -0.4 is 20.1 Å².